The number of ether oxygens (including phenoxy) is 2. The Balaban J connectivity index is 1.48. The summed E-state index contributed by atoms with van der Waals surface area (Å²) in [6.45, 7) is 4.18. The van der Waals surface area contributed by atoms with E-state index < -0.39 is 11.7 Å². The third kappa shape index (κ3) is 5.51. The lowest BCUT2D eigenvalue weighted by Crippen LogP contribution is -2.18. The van der Waals surface area contributed by atoms with Crippen molar-refractivity contribution in [2.45, 2.75) is 25.4 Å². The van der Waals surface area contributed by atoms with E-state index in [0.717, 1.165) is 17.2 Å². The molecule has 4 aromatic rings. The Labute approximate surface area is 201 Å². The maximum absolute atomic E-state index is 13.1. The molecule has 0 amide bonds. The number of anilines is 2. The Morgan fingerprint density at radius 2 is 0.971 bits per heavy atom. The summed E-state index contributed by atoms with van der Waals surface area (Å²) in [4.78, 5) is 0. The molecule has 0 fully saturated rings. The molecule has 35 heavy (non-hydrogen) atoms. The van der Waals surface area contributed by atoms with Crippen LogP contribution < -0.4 is 20.9 Å². The lowest BCUT2D eigenvalue weighted by molar-refractivity contribution is -0.137. The van der Waals surface area contributed by atoms with Crippen molar-refractivity contribution in [3.8, 4) is 23.0 Å². The van der Waals surface area contributed by atoms with Crippen molar-refractivity contribution in [1.82, 2.24) is 0 Å². The third-order valence-electron chi connectivity index (χ3n) is 5.83. The quantitative estimate of drug-likeness (QED) is 0.278. The van der Waals surface area contributed by atoms with E-state index in [9.17, 15) is 13.2 Å². The van der Waals surface area contributed by atoms with Crippen molar-refractivity contribution >= 4 is 11.4 Å². The molecule has 180 valence electrons. The molecule has 0 heterocycles. The molecule has 4 rings (SSSR count). The van der Waals surface area contributed by atoms with Crippen LogP contribution in [0.2, 0.25) is 0 Å². The number of rotatable bonds is 6. The Kier molecular flexibility index (Phi) is 6.35. The van der Waals surface area contributed by atoms with Gasteiger partial charge in [-0.3, -0.25) is 0 Å². The van der Waals surface area contributed by atoms with E-state index >= 15 is 0 Å². The van der Waals surface area contributed by atoms with E-state index in [2.05, 4.69) is 13.8 Å². The zero-order chi connectivity index (χ0) is 25.2. The van der Waals surface area contributed by atoms with E-state index in [1.165, 1.54) is 12.1 Å². The first-order valence-electron chi connectivity index (χ1n) is 10.9. The van der Waals surface area contributed by atoms with Gasteiger partial charge in [0, 0.05) is 16.8 Å². The van der Waals surface area contributed by atoms with Gasteiger partial charge in [0.25, 0.3) is 0 Å². The van der Waals surface area contributed by atoms with E-state index in [0.29, 0.717) is 22.9 Å². The van der Waals surface area contributed by atoms with Gasteiger partial charge in [-0.05, 0) is 77.9 Å². The average molecular weight is 479 g/mol. The number of hydrogen-bond acceptors (Lipinski definition) is 4. The standard InChI is InChI=1S/C28H25F3N2O2/c1-27(2,18-3-9-21(10-4-18)34-23-13-7-20(32)8-14-23)19-5-11-22(12-6-19)35-24-15-16-26(33)25(17-24)28(29,30)31/h3-17H,32-33H2,1-2H3. The van der Waals surface area contributed by atoms with Gasteiger partial charge in [0.1, 0.15) is 23.0 Å². The Hall–Kier alpha value is -4.13. The van der Waals surface area contributed by atoms with Gasteiger partial charge in [-0.25, -0.2) is 0 Å². The number of hydrogen-bond donors (Lipinski definition) is 2. The average Bonchev–Trinajstić information content (AvgIpc) is 2.82. The summed E-state index contributed by atoms with van der Waals surface area (Å²) >= 11 is 0. The summed E-state index contributed by atoms with van der Waals surface area (Å²) in [5, 5.41) is 0. The number of nitrogens with two attached hydrogens (primary N) is 2. The topological polar surface area (TPSA) is 70.5 Å². The van der Waals surface area contributed by atoms with Gasteiger partial charge < -0.3 is 20.9 Å². The summed E-state index contributed by atoms with van der Waals surface area (Å²) < 4.78 is 50.8. The molecule has 0 aliphatic carbocycles. The first-order chi connectivity index (χ1) is 16.5. The molecule has 7 heteroatoms. The predicted octanol–water partition coefficient (Wildman–Crippen LogP) is 7.78. The molecule has 4 aromatic carbocycles. The van der Waals surface area contributed by atoms with Crippen LogP contribution >= 0.6 is 0 Å². The second-order valence-corrected chi connectivity index (χ2v) is 8.69. The fraction of sp³-hybridized carbons (Fsp3) is 0.143. The van der Waals surface area contributed by atoms with Crippen LogP contribution in [0.1, 0.15) is 30.5 Å². The first kappa shape index (κ1) is 24.0. The molecule has 0 unspecified atom stereocenters. The summed E-state index contributed by atoms with van der Waals surface area (Å²) in [5.74, 6) is 1.90. The first-order valence-corrected chi connectivity index (χ1v) is 10.9. The van der Waals surface area contributed by atoms with Gasteiger partial charge in [0.05, 0.1) is 5.56 Å². The van der Waals surface area contributed by atoms with Crippen molar-refractivity contribution in [2.75, 3.05) is 11.5 Å². The molecule has 0 aliphatic heterocycles. The maximum atomic E-state index is 13.1. The van der Waals surface area contributed by atoms with Crippen LogP contribution in [0.5, 0.6) is 23.0 Å². The van der Waals surface area contributed by atoms with Crippen molar-refractivity contribution < 1.29 is 22.6 Å². The van der Waals surface area contributed by atoms with Gasteiger partial charge in [0.15, 0.2) is 0 Å². The molecule has 0 spiro atoms. The van der Waals surface area contributed by atoms with E-state index in [4.69, 9.17) is 20.9 Å². The predicted molar refractivity (Wildman–Crippen MR) is 132 cm³/mol. The minimum absolute atomic E-state index is 0.0650. The molecule has 0 bridgehead atoms. The molecular weight excluding hydrogens is 453 g/mol. The van der Waals surface area contributed by atoms with E-state index in [1.54, 1.807) is 24.3 Å². The number of nitrogen functional groups attached to an aromatic ring is 2. The van der Waals surface area contributed by atoms with Crippen molar-refractivity contribution in [1.29, 1.82) is 0 Å². The smallest absolute Gasteiger partial charge is 0.418 e. The number of alkyl halides is 3. The van der Waals surface area contributed by atoms with Crippen molar-refractivity contribution in [3.05, 3.63) is 108 Å². The summed E-state index contributed by atoms with van der Waals surface area (Å²) in [7, 11) is 0. The van der Waals surface area contributed by atoms with E-state index in [1.807, 2.05) is 48.5 Å². The van der Waals surface area contributed by atoms with Crippen LogP contribution in [-0.2, 0) is 11.6 Å². The second-order valence-electron chi connectivity index (χ2n) is 8.69. The second kappa shape index (κ2) is 9.25. The van der Waals surface area contributed by atoms with Crippen LogP contribution in [0, 0.1) is 0 Å². The fourth-order valence-electron chi connectivity index (χ4n) is 3.70. The van der Waals surface area contributed by atoms with Crippen molar-refractivity contribution in [3.63, 3.8) is 0 Å². The number of benzene rings is 4. The molecule has 4 nitrogen and oxygen atoms in total. The highest BCUT2D eigenvalue weighted by molar-refractivity contribution is 5.53. The normalized spacial score (nSPS) is 11.8. The molecule has 0 aromatic heterocycles. The largest absolute Gasteiger partial charge is 0.457 e. The monoisotopic (exact) mass is 478 g/mol. The Morgan fingerprint density at radius 1 is 0.571 bits per heavy atom. The van der Waals surface area contributed by atoms with Crippen LogP contribution in [0.4, 0.5) is 24.5 Å². The van der Waals surface area contributed by atoms with Gasteiger partial charge in [-0.1, -0.05) is 38.1 Å². The lowest BCUT2D eigenvalue weighted by Gasteiger charge is -2.26. The molecule has 0 radical (unpaired) electrons. The highest BCUT2D eigenvalue weighted by atomic mass is 19.4. The van der Waals surface area contributed by atoms with Crippen molar-refractivity contribution in [2.24, 2.45) is 0 Å². The summed E-state index contributed by atoms with van der Waals surface area (Å²) in [6, 6.07) is 25.8. The molecule has 0 saturated carbocycles. The van der Waals surface area contributed by atoms with Crippen LogP contribution in [0.15, 0.2) is 91.0 Å². The van der Waals surface area contributed by atoms with Gasteiger partial charge in [-0.15, -0.1) is 0 Å². The van der Waals surface area contributed by atoms with Gasteiger partial charge in [0.2, 0.25) is 0 Å². The van der Waals surface area contributed by atoms with Gasteiger partial charge in [-0.2, -0.15) is 13.2 Å². The minimum atomic E-state index is -4.55. The van der Waals surface area contributed by atoms with E-state index in [-0.39, 0.29) is 16.9 Å². The molecular formula is C28H25F3N2O2. The lowest BCUT2D eigenvalue weighted by atomic mass is 9.78. The highest BCUT2D eigenvalue weighted by Crippen LogP contribution is 2.38. The van der Waals surface area contributed by atoms with Crippen LogP contribution in [-0.4, -0.2) is 0 Å². The molecule has 0 aliphatic rings. The molecule has 4 N–H and O–H groups in total. The highest BCUT2D eigenvalue weighted by Gasteiger charge is 2.33. The zero-order valence-corrected chi connectivity index (χ0v) is 19.3. The Bertz CT molecular complexity index is 1300. The van der Waals surface area contributed by atoms with Gasteiger partial charge >= 0.3 is 6.18 Å². The number of halogens is 3. The SMILES string of the molecule is CC(C)(c1ccc(Oc2ccc(N)cc2)cc1)c1ccc(Oc2ccc(N)c(C(F)(F)F)c2)cc1. The molecule has 0 saturated heterocycles. The molecule has 0 atom stereocenters. The maximum Gasteiger partial charge on any atom is 0.418 e. The fourth-order valence-corrected chi connectivity index (χ4v) is 3.70. The van der Waals surface area contributed by atoms with Crippen LogP contribution in [0.3, 0.4) is 0 Å². The third-order valence-corrected chi connectivity index (χ3v) is 5.83. The minimum Gasteiger partial charge on any atom is -0.457 e. The summed E-state index contributed by atoms with van der Waals surface area (Å²) in [5.41, 5.74) is 12.3. The summed E-state index contributed by atoms with van der Waals surface area (Å²) in [6.07, 6.45) is -4.55. The Morgan fingerprint density at radius 3 is 1.43 bits per heavy atom. The zero-order valence-electron chi connectivity index (χ0n) is 19.3. The van der Waals surface area contributed by atoms with Crippen LogP contribution in [0.25, 0.3) is 0 Å².